The highest BCUT2D eigenvalue weighted by molar-refractivity contribution is 5.82. The summed E-state index contributed by atoms with van der Waals surface area (Å²) in [4.78, 5) is 17.1. The summed E-state index contributed by atoms with van der Waals surface area (Å²) < 4.78 is 5.40. The maximum absolute atomic E-state index is 12.5. The maximum atomic E-state index is 12.5. The molecule has 5 nitrogen and oxygen atoms in total. The molecule has 0 spiro atoms. The number of nitrogens with zero attached hydrogens (tertiary/aromatic N) is 2. The molecule has 3 fully saturated rings. The van der Waals surface area contributed by atoms with E-state index in [1.54, 1.807) is 0 Å². The minimum atomic E-state index is -0.130. The average molecular weight is 253 g/mol. The van der Waals surface area contributed by atoms with Crippen molar-refractivity contribution in [1.82, 2.24) is 15.1 Å². The van der Waals surface area contributed by atoms with E-state index in [2.05, 4.69) is 22.0 Å². The molecule has 3 aliphatic heterocycles. The molecule has 1 N–H and O–H groups in total. The van der Waals surface area contributed by atoms with Crippen LogP contribution in [0.15, 0.2) is 0 Å². The molecule has 0 aromatic carbocycles. The largest absolute Gasteiger partial charge is 0.378 e. The van der Waals surface area contributed by atoms with Crippen molar-refractivity contribution in [2.24, 2.45) is 0 Å². The average Bonchev–Trinajstić information content (AvgIpc) is 2.85. The number of hydrogen-bond acceptors (Lipinski definition) is 4. The number of nitrogens with one attached hydrogen (secondary N) is 1. The molecule has 0 radical (unpaired) electrons. The van der Waals surface area contributed by atoms with E-state index in [4.69, 9.17) is 4.74 Å². The molecule has 0 aliphatic carbocycles. The van der Waals surface area contributed by atoms with Gasteiger partial charge in [0, 0.05) is 31.7 Å². The van der Waals surface area contributed by atoms with Gasteiger partial charge in [-0.2, -0.15) is 0 Å². The zero-order chi connectivity index (χ0) is 12.5. The van der Waals surface area contributed by atoms with Crippen LogP contribution < -0.4 is 5.32 Å². The van der Waals surface area contributed by atoms with E-state index < -0.39 is 0 Å². The van der Waals surface area contributed by atoms with Gasteiger partial charge in [0.2, 0.25) is 5.91 Å². The summed E-state index contributed by atoms with van der Waals surface area (Å²) >= 11 is 0. The molecule has 3 atom stereocenters. The maximum Gasteiger partial charge on any atom is 0.242 e. The van der Waals surface area contributed by atoms with Crippen LogP contribution in [0.4, 0.5) is 0 Å². The van der Waals surface area contributed by atoms with Crippen LogP contribution in [0, 0.1) is 0 Å². The summed E-state index contributed by atoms with van der Waals surface area (Å²) in [5.74, 6) is 0.230. The van der Waals surface area contributed by atoms with Gasteiger partial charge in [-0.3, -0.25) is 9.69 Å². The van der Waals surface area contributed by atoms with Crippen LogP contribution in [0.3, 0.4) is 0 Å². The van der Waals surface area contributed by atoms with Crippen molar-refractivity contribution in [1.29, 1.82) is 0 Å². The fourth-order valence-electron chi connectivity index (χ4n) is 3.42. The molecule has 5 heteroatoms. The Balaban J connectivity index is 1.65. The minimum absolute atomic E-state index is 0.130. The van der Waals surface area contributed by atoms with Gasteiger partial charge in [0.15, 0.2) is 0 Å². The van der Waals surface area contributed by atoms with Crippen LogP contribution in [0.5, 0.6) is 0 Å². The van der Waals surface area contributed by atoms with Crippen LogP contribution in [0.2, 0.25) is 0 Å². The molecule has 0 aromatic rings. The quantitative estimate of drug-likeness (QED) is 0.695. The Labute approximate surface area is 108 Å². The molecular weight excluding hydrogens is 230 g/mol. The van der Waals surface area contributed by atoms with Crippen molar-refractivity contribution in [2.75, 3.05) is 39.4 Å². The number of morpholine rings is 1. The Bertz CT molecular complexity index is 317. The zero-order valence-electron chi connectivity index (χ0n) is 11.1. The van der Waals surface area contributed by atoms with Crippen molar-refractivity contribution in [3.8, 4) is 0 Å². The third-order valence-corrected chi connectivity index (χ3v) is 4.44. The highest BCUT2D eigenvalue weighted by Crippen LogP contribution is 2.25. The van der Waals surface area contributed by atoms with E-state index in [9.17, 15) is 4.79 Å². The molecule has 3 unspecified atom stereocenters. The van der Waals surface area contributed by atoms with Crippen molar-refractivity contribution in [3.05, 3.63) is 0 Å². The van der Waals surface area contributed by atoms with Gasteiger partial charge in [-0.15, -0.1) is 0 Å². The van der Waals surface area contributed by atoms with Crippen molar-refractivity contribution in [3.63, 3.8) is 0 Å². The first-order valence-electron chi connectivity index (χ1n) is 7.11. The lowest BCUT2D eigenvalue weighted by Gasteiger charge is -2.43. The monoisotopic (exact) mass is 253 g/mol. The first-order valence-corrected chi connectivity index (χ1v) is 7.11. The lowest BCUT2D eigenvalue weighted by atomic mass is 10.1. The summed E-state index contributed by atoms with van der Waals surface area (Å²) in [5, 5.41) is 3.27. The number of amides is 1. The molecule has 3 saturated heterocycles. The van der Waals surface area contributed by atoms with Crippen LogP contribution in [0.25, 0.3) is 0 Å². The molecule has 0 saturated carbocycles. The lowest BCUT2D eigenvalue weighted by molar-refractivity contribution is -0.142. The van der Waals surface area contributed by atoms with Gasteiger partial charge in [-0.05, 0) is 26.3 Å². The third kappa shape index (κ3) is 2.27. The smallest absolute Gasteiger partial charge is 0.242 e. The number of carbonyl (C=O) groups excluding carboxylic acids is 1. The topological polar surface area (TPSA) is 44.8 Å². The van der Waals surface area contributed by atoms with E-state index in [-0.39, 0.29) is 11.9 Å². The van der Waals surface area contributed by atoms with Gasteiger partial charge in [0.25, 0.3) is 0 Å². The predicted molar refractivity (Wildman–Crippen MR) is 68.4 cm³/mol. The second kappa shape index (κ2) is 5.15. The molecule has 102 valence electrons. The van der Waals surface area contributed by atoms with Crippen LogP contribution in [0.1, 0.15) is 19.8 Å². The molecule has 3 heterocycles. The molecule has 3 aliphatic rings. The number of rotatable bonds is 1. The standard InChI is InChI=1S/C13H23N3O2/c1-10-7-15-5-2-3-11(15)8-16(10)13(17)12-9-18-6-4-14-12/h10-12,14H,2-9H2,1H3. The van der Waals surface area contributed by atoms with Gasteiger partial charge in [-0.25, -0.2) is 0 Å². The Kier molecular flexibility index (Phi) is 3.54. The first-order chi connectivity index (χ1) is 8.75. The van der Waals surface area contributed by atoms with Gasteiger partial charge in [0.1, 0.15) is 6.04 Å². The number of carbonyl (C=O) groups is 1. The van der Waals surface area contributed by atoms with Crippen LogP contribution in [-0.4, -0.2) is 73.2 Å². The number of hydrogen-bond donors (Lipinski definition) is 1. The molecule has 0 bridgehead atoms. The number of fused-ring (bicyclic) bond motifs is 1. The van der Waals surface area contributed by atoms with Crippen LogP contribution >= 0.6 is 0 Å². The van der Waals surface area contributed by atoms with E-state index in [0.29, 0.717) is 18.7 Å². The molecule has 1 amide bonds. The predicted octanol–water partition coefficient (Wildman–Crippen LogP) is -0.330. The van der Waals surface area contributed by atoms with Crippen molar-refractivity contribution in [2.45, 2.75) is 37.9 Å². The first kappa shape index (κ1) is 12.4. The second-order valence-corrected chi connectivity index (χ2v) is 5.71. The molecule has 3 rings (SSSR count). The van der Waals surface area contributed by atoms with E-state index in [0.717, 1.165) is 26.2 Å². The summed E-state index contributed by atoms with van der Waals surface area (Å²) in [6.45, 7) is 7.33. The highest BCUT2D eigenvalue weighted by Gasteiger charge is 2.38. The fraction of sp³-hybridized carbons (Fsp3) is 0.923. The lowest BCUT2D eigenvalue weighted by Crippen LogP contribution is -2.61. The summed E-state index contributed by atoms with van der Waals surface area (Å²) in [5.41, 5.74) is 0. The van der Waals surface area contributed by atoms with Gasteiger partial charge in [0.05, 0.1) is 13.2 Å². The number of piperazine rings is 1. The third-order valence-electron chi connectivity index (χ3n) is 4.44. The SMILES string of the molecule is CC1CN2CCCC2CN1C(=O)C1COCCN1. The van der Waals surface area contributed by atoms with E-state index in [1.807, 2.05) is 0 Å². The second-order valence-electron chi connectivity index (χ2n) is 5.71. The minimum Gasteiger partial charge on any atom is -0.378 e. The normalized spacial score (nSPS) is 37.6. The van der Waals surface area contributed by atoms with Gasteiger partial charge >= 0.3 is 0 Å². The highest BCUT2D eigenvalue weighted by atomic mass is 16.5. The number of ether oxygens (including phenoxy) is 1. The Morgan fingerprint density at radius 2 is 2.28 bits per heavy atom. The Morgan fingerprint density at radius 3 is 3.06 bits per heavy atom. The summed E-state index contributed by atoms with van der Waals surface area (Å²) in [6.07, 6.45) is 2.52. The molecule has 18 heavy (non-hydrogen) atoms. The van der Waals surface area contributed by atoms with Crippen molar-refractivity contribution < 1.29 is 9.53 Å². The van der Waals surface area contributed by atoms with E-state index in [1.165, 1.54) is 19.4 Å². The van der Waals surface area contributed by atoms with Gasteiger partial charge < -0.3 is 15.0 Å². The summed E-state index contributed by atoms with van der Waals surface area (Å²) in [7, 11) is 0. The fourth-order valence-corrected chi connectivity index (χ4v) is 3.42. The van der Waals surface area contributed by atoms with E-state index >= 15 is 0 Å². The molecular formula is C13H23N3O2. The summed E-state index contributed by atoms with van der Waals surface area (Å²) in [6, 6.07) is 0.791. The van der Waals surface area contributed by atoms with Crippen molar-refractivity contribution >= 4 is 5.91 Å². The van der Waals surface area contributed by atoms with Gasteiger partial charge in [-0.1, -0.05) is 0 Å². The van der Waals surface area contributed by atoms with Crippen LogP contribution in [-0.2, 0) is 9.53 Å². The zero-order valence-corrected chi connectivity index (χ0v) is 11.1. The molecule has 0 aromatic heterocycles. The Morgan fingerprint density at radius 1 is 1.39 bits per heavy atom. The Hall–Kier alpha value is -0.650.